The first-order chi connectivity index (χ1) is 6.77. The number of nitrogen functional groups attached to an aromatic ring is 2. The largest absolute Gasteiger partial charge is 0.398 e. The Morgan fingerprint density at radius 3 is 2.47 bits per heavy atom. The smallest absolute Gasteiger partial charge is 0.0994 e. The van der Waals surface area contributed by atoms with E-state index in [1.807, 2.05) is 18.2 Å². The lowest BCUT2D eigenvalue weighted by Gasteiger charge is -2.11. The van der Waals surface area contributed by atoms with E-state index in [0.717, 1.165) is 29.8 Å². The summed E-state index contributed by atoms with van der Waals surface area (Å²) in [5.74, 6) is 0. The molecule has 1 aromatic carbocycles. The number of halogens is 1. The molecule has 0 spiro atoms. The van der Waals surface area contributed by atoms with E-state index in [-0.39, 0.29) is 18.5 Å². The van der Waals surface area contributed by atoms with Gasteiger partial charge in [-0.05, 0) is 12.1 Å². The van der Waals surface area contributed by atoms with Crippen LogP contribution in [0.2, 0.25) is 0 Å². The molecule has 1 aromatic rings. The molecule has 0 aliphatic carbocycles. The molecule has 1 saturated heterocycles. The van der Waals surface area contributed by atoms with E-state index < -0.39 is 0 Å². The molecule has 1 aliphatic rings. The minimum absolute atomic E-state index is 0. The average Bonchev–Trinajstić information content (AvgIpc) is 2.64. The number of benzene rings is 1. The summed E-state index contributed by atoms with van der Waals surface area (Å²) in [6, 6.07) is 5.54. The molecule has 0 amide bonds. The highest BCUT2D eigenvalue weighted by Gasteiger charge is 2.19. The first-order valence-electron chi connectivity index (χ1n) is 4.68. The van der Waals surface area contributed by atoms with Crippen molar-refractivity contribution in [3.8, 4) is 0 Å². The van der Waals surface area contributed by atoms with Crippen molar-refractivity contribution in [3.05, 3.63) is 23.8 Å². The first-order valence-corrected chi connectivity index (χ1v) is 4.68. The van der Waals surface area contributed by atoms with Crippen LogP contribution >= 0.6 is 12.4 Å². The third kappa shape index (κ3) is 2.75. The zero-order chi connectivity index (χ0) is 9.97. The van der Waals surface area contributed by atoms with Gasteiger partial charge in [-0.15, -0.1) is 12.4 Å². The summed E-state index contributed by atoms with van der Waals surface area (Å²) in [5, 5.41) is 0. The Kier molecular flexibility index (Phi) is 4.20. The molecule has 2 rings (SSSR count). The van der Waals surface area contributed by atoms with Crippen LogP contribution in [-0.2, 0) is 16.2 Å². The van der Waals surface area contributed by atoms with Gasteiger partial charge in [0.15, 0.2) is 0 Å². The number of rotatable bonds is 2. The first kappa shape index (κ1) is 12.1. The van der Waals surface area contributed by atoms with E-state index in [9.17, 15) is 0 Å². The fourth-order valence-corrected chi connectivity index (χ4v) is 1.59. The van der Waals surface area contributed by atoms with Gasteiger partial charge in [0.2, 0.25) is 0 Å². The van der Waals surface area contributed by atoms with Crippen LogP contribution in [0.15, 0.2) is 18.2 Å². The highest BCUT2D eigenvalue weighted by Crippen LogP contribution is 2.24. The number of hydrogen-bond acceptors (Lipinski definition) is 4. The summed E-state index contributed by atoms with van der Waals surface area (Å²) in [6.07, 6.45) is 1.70. The number of hydrogen-bond donors (Lipinski definition) is 2. The second-order valence-electron chi connectivity index (χ2n) is 3.45. The van der Waals surface area contributed by atoms with Crippen molar-refractivity contribution in [1.29, 1.82) is 0 Å². The molecule has 0 bridgehead atoms. The van der Waals surface area contributed by atoms with Crippen LogP contribution in [0.5, 0.6) is 0 Å². The Morgan fingerprint density at radius 2 is 1.93 bits per heavy atom. The van der Waals surface area contributed by atoms with Gasteiger partial charge in [-0.25, -0.2) is 9.78 Å². The zero-order valence-corrected chi connectivity index (χ0v) is 9.13. The molecule has 4 nitrogen and oxygen atoms in total. The van der Waals surface area contributed by atoms with E-state index in [0.29, 0.717) is 6.61 Å². The Hall–Kier alpha value is -0.970. The van der Waals surface area contributed by atoms with Crippen molar-refractivity contribution in [3.63, 3.8) is 0 Å². The molecule has 5 heteroatoms. The molecule has 15 heavy (non-hydrogen) atoms. The molecule has 1 fully saturated rings. The number of nitrogens with two attached hydrogens (primary N) is 2. The predicted molar refractivity (Wildman–Crippen MR) is 61.7 cm³/mol. The van der Waals surface area contributed by atoms with Gasteiger partial charge >= 0.3 is 0 Å². The maximum atomic E-state index is 5.82. The lowest BCUT2D eigenvalue weighted by atomic mass is 10.0. The Labute approximate surface area is 94.9 Å². The molecule has 4 N–H and O–H groups in total. The van der Waals surface area contributed by atoms with Crippen LogP contribution < -0.4 is 11.5 Å². The summed E-state index contributed by atoms with van der Waals surface area (Å²) < 4.78 is 0. The minimum Gasteiger partial charge on any atom is -0.398 e. The molecular formula is C10H15ClN2O2. The zero-order valence-electron chi connectivity index (χ0n) is 8.31. The van der Waals surface area contributed by atoms with Gasteiger partial charge in [0, 0.05) is 29.8 Å². The van der Waals surface area contributed by atoms with Gasteiger partial charge in [0.05, 0.1) is 12.7 Å². The molecule has 0 radical (unpaired) electrons. The van der Waals surface area contributed by atoms with Gasteiger partial charge in [-0.2, -0.15) is 0 Å². The van der Waals surface area contributed by atoms with Crippen molar-refractivity contribution in [1.82, 2.24) is 0 Å². The van der Waals surface area contributed by atoms with Crippen LogP contribution in [0.25, 0.3) is 0 Å². The standard InChI is InChI=1S/C10H14N2O2.ClH/c11-9-2-1-3-10(12)8(9)6-7-4-5-13-14-7;/h1-3,7H,4-6,11-12H2;1H. The van der Waals surface area contributed by atoms with E-state index >= 15 is 0 Å². The minimum atomic E-state index is 0. The van der Waals surface area contributed by atoms with Crippen molar-refractivity contribution in [2.24, 2.45) is 0 Å². The maximum Gasteiger partial charge on any atom is 0.0994 e. The summed E-state index contributed by atoms with van der Waals surface area (Å²) in [4.78, 5) is 9.88. The Balaban J connectivity index is 0.00000112. The Bertz CT molecular complexity index is 307. The van der Waals surface area contributed by atoms with Crippen LogP contribution in [0.1, 0.15) is 12.0 Å². The molecule has 1 aliphatic heterocycles. The van der Waals surface area contributed by atoms with Crippen LogP contribution in [-0.4, -0.2) is 12.7 Å². The molecule has 0 saturated carbocycles. The van der Waals surface area contributed by atoms with E-state index in [1.54, 1.807) is 0 Å². The normalized spacial score (nSPS) is 19.9. The predicted octanol–water partition coefficient (Wildman–Crippen LogP) is 1.54. The van der Waals surface area contributed by atoms with Crippen molar-refractivity contribution in [2.45, 2.75) is 18.9 Å². The molecular weight excluding hydrogens is 216 g/mol. The highest BCUT2D eigenvalue weighted by atomic mass is 35.5. The molecule has 84 valence electrons. The quantitative estimate of drug-likeness (QED) is 0.597. The van der Waals surface area contributed by atoms with Gasteiger partial charge in [-0.1, -0.05) is 6.07 Å². The third-order valence-electron chi connectivity index (χ3n) is 2.41. The van der Waals surface area contributed by atoms with E-state index in [2.05, 4.69) is 0 Å². The fourth-order valence-electron chi connectivity index (χ4n) is 1.59. The van der Waals surface area contributed by atoms with Gasteiger partial charge in [-0.3, -0.25) is 0 Å². The Morgan fingerprint density at radius 1 is 1.27 bits per heavy atom. The fraction of sp³-hybridized carbons (Fsp3) is 0.400. The van der Waals surface area contributed by atoms with Crippen molar-refractivity contribution >= 4 is 23.8 Å². The summed E-state index contributed by atoms with van der Waals surface area (Å²) in [6.45, 7) is 0.650. The van der Waals surface area contributed by atoms with Crippen LogP contribution in [0.4, 0.5) is 11.4 Å². The topological polar surface area (TPSA) is 70.5 Å². The highest BCUT2D eigenvalue weighted by molar-refractivity contribution is 5.85. The van der Waals surface area contributed by atoms with Gasteiger partial charge in [0.25, 0.3) is 0 Å². The lowest BCUT2D eigenvalue weighted by molar-refractivity contribution is -0.273. The summed E-state index contributed by atoms with van der Waals surface area (Å²) in [7, 11) is 0. The van der Waals surface area contributed by atoms with Crippen LogP contribution in [0, 0.1) is 0 Å². The van der Waals surface area contributed by atoms with E-state index in [1.165, 1.54) is 0 Å². The molecule has 0 aromatic heterocycles. The van der Waals surface area contributed by atoms with Crippen molar-refractivity contribution in [2.75, 3.05) is 18.1 Å². The second-order valence-corrected chi connectivity index (χ2v) is 3.45. The summed E-state index contributed by atoms with van der Waals surface area (Å²) in [5.41, 5.74) is 14.1. The molecule has 1 unspecified atom stereocenters. The lowest BCUT2D eigenvalue weighted by Crippen LogP contribution is -2.12. The van der Waals surface area contributed by atoms with E-state index in [4.69, 9.17) is 21.2 Å². The molecule has 1 atom stereocenters. The SMILES string of the molecule is Cl.Nc1cccc(N)c1CC1CCOO1. The van der Waals surface area contributed by atoms with Gasteiger partial charge in [0.1, 0.15) is 0 Å². The number of anilines is 2. The van der Waals surface area contributed by atoms with Crippen molar-refractivity contribution < 1.29 is 9.78 Å². The third-order valence-corrected chi connectivity index (χ3v) is 2.41. The molecule has 1 heterocycles. The monoisotopic (exact) mass is 230 g/mol. The van der Waals surface area contributed by atoms with Gasteiger partial charge < -0.3 is 11.5 Å². The summed E-state index contributed by atoms with van der Waals surface area (Å²) >= 11 is 0. The maximum absolute atomic E-state index is 5.82. The average molecular weight is 231 g/mol. The van der Waals surface area contributed by atoms with Crippen LogP contribution in [0.3, 0.4) is 0 Å². The second kappa shape index (κ2) is 5.21.